The summed E-state index contributed by atoms with van der Waals surface area (Å²) in [4.78, 5) is 8.66. The van der Waals surface area contributed by atoms with E-state index in [1.54, 1.807) is 13.3 Å². The largest absolute Gasteiger partial charge is 0.481 e. The molecule has 112 valence electrons. The third kappa shape index (κ3) is 5.94. The van der Waals surface area contributed by atoms with Crippen LogP contribution in [0.2, 0.25) is 0 Å². The van der Waals surface area contributed by atoms with Crippen LogP contribution in [0, 0.1) is 5.92 Å². The first-order chi connectivity index (χ1) is 9.31. The molecule has 0 atom stereocenters. The first-order valence-electron chi connectivity index (χ1n) is 6.83. The number of halogens is 1. The fourth-order valence-corrected chi connectivity index (χ4v) is 1.74. The summed E-state index contributed by atoms with van der Waals surface area (Å²) >= 11 is 0. The van der Waals surface area contributed by atoms with E-state index < -0.39 is 0 Å². The molecule has 0 aromatic carbocycles. The van der Waals surface area contributed by atoms with E-state index in [1.165, 1.54) is 12.8 Å². The van der Waals surface area contributed by atoms with Gasteiger partial charge in [-0.15, -0.1) is 24.0 Å². The lowest BCUT2D eigenvalue weighted by Gasteiger charge is -2.10. The highest BCUT2D eigenvalue weighted by atomic mass is 127. The Kier molecular flexibility index (Phi) is 7.64. The van der Waals surface area contributed by atoms with E-state index in [-0.39, 0.29) is 24.0 Å². The number of hydrogen-bond acceptors (Lipinski definition) is 3. The highest BCUT2D eigenvalue weighted by molar-refractivity contribution is 14.0. The van der Waals surface area contributed by atoms with Gasteiger partial charge in [-0.1, -0.05) is 0 Å². The summed E-state index contributed by atoms with van der Waals surface area (Å²) in [6.07, 6.45) is 4.43. The van der Waals surface area contributed by atoms with Crippen molar-refractivity contribution >= 4 is 29.9 Å². The van der Waals surface area contributed by atoms with Gasteiger partial charge in [0.15, 0.2) is 5.96 Å². The van der Waals surface area contributed by atoms with Crippen LogP contribution in [0.15, 0.2) is 23.3 Å². The zero-order chi connectivity index (χ0) is 13.5. The minimum atomic E-state index is 0. The third-order valence-corrected chi connectivity index (χ3v) is 3.03. The average molecular weight is 390 g/mol. The Bertz CT molecular complexity index is 435. The first-order valence-corrected chi connectivity index (χ1v) is 6.83. The summed E-state index contributed by atoms with van der Waals surface area (Å²) in [6.45, 7) is 4.59. The van der Waals surface area contributed by atoms with Crippen molar-refractivity contribution in [2.24, 2.45) is 10.9 Å². The normalized spacial score (nSPS) is 14.4. The van der Waals surface area contributed by atoms with Crippen molar-refractivity contribution in [1.82, 2.24) is 15.6 Å². The molecule has 20 heavy (non-hydrogen) atoms. The number of methoxy groups -OCH3 is 1. The van der Waals surface area contributed by atoms with Gasteiger partial charge in [-0.3, -0.25) is 0 Å². The maximum Gasteiger partial charge on any atom is 0.213 e. The van der Waals surface area contributed by atoms with Crippen molar-refractivity contribution in [3.8, 4) is 5.88 Å². The van der Waals surface area contributed by atoms with E-state index in [0.29, 0.717) is 12.4 Å². The minimum absolute atomic E-state index is 0. The predicted octanol–water partition coefficient (Wildman–Crippen LogP) is 2.17. The van der Waals surface area contributed by atoms with Gasteiger partial charge in [-0.2, -0.15) is 0 Å². The van der Waals surface area contributed by atoms with E-state index >= 15 is 0 Å². The summed E-state index contributed by atoms with van der Waals surface area (Å²) in [7, 11) is 1.62. The van der Waals surface area contributed by atoms with Gasteiger partial charge in [0.25, 0.3) is 0 Å². The number of aliphatic imine (C=N–C) groups is 1. The highest BCUT2D eigenvalue weighted by Crippen LogP contribution is 2.27. The van der Waals surface area contributed by atoms with Crippen LogP contribution in [0.25, 0.3) is 0 Å². The number of hydrogen-bond donors (Lipinski definition) is 2. The van der Waals surface area contributed by atoms with Crippen molar-refractivity contribution < 1.29 is 4.74 Å². The number of ether oxygens (including phenoxy) is 1. The van der Waals surface area contributed by atoms with Gasteiger partial charge in [0.1, 0.15) is 0 Å². The van der Waals surface area contributed by atoms with Gasteiger partial charge in [0.05, 0.1) is 13.7 Å². The second-order valence-corrected chi connectivity index (χ2v) is 4.73. The molecule has 0 saturated heterocycles. The Labute approximate surface area is 137 Å². The minimum Gasteiger partial charge on any atom is -0.481 e. The molecule has 0 spiro atoms. The smallest absolute Gasteiger partial charge is 0.213 e. The molecular formula is C14H23IN4O. The van der Waals surface area contributed by atoms with Crippen LogP contribution in [0.1, 0.15) is 25.3 Å². The molecule has 1 aromatic rings. The number of guanidine groups is 1. The topological polar surface area (TPSA) is 58.5 Å². The van der Waals surface area contributed by atoms with Gasteiger partial charge in [-0.25, -0.2) is 9.98 Å². The standard InChI is InChI=1S/C14H22N4O.HI/c1-3-15-14(17-9-11-4-5-11)18-10-12-6-7-16-13(8-12)19-2;/h6-8,11H,3-5,9-10H2,1-2H3,(H2,15,17,18);1H. The average Bonchev–Trinajstić information content (AvgIpc) is 3.26. The molecule has 0 bridgehead atoms. The molecule has 0 amide bonds. The molecule has 2 rings (SSSR count). The second-order valence-electron chi connectivity index (χ2n) is 4.73. The Morgan fingerprint density at radius 1 is 1.45 bits per heavy atom. The van der Waals surface area contributed by atoms with Crippen LogP contribution < -0.4 is 15.4 Å². The molecule has 6 heteroatoms. The van der Waals surface area contributed by atoms with E-state index in [0.717, 1.165) is 30.5 Å². The van der Waals surface area contributed by atoms with Crippen molar-refractivity contribution in [3.05, 3.63) is 23.9 Å². The van der Waals surface area contributed by atoms with Crippen LogP contribution >= 0.6 is 24.0 Å². The molecule has 1 saturated carbocycles. The van der Waals surface area contributed by atoms with Gasteiger partial charge in [-0.05, 0) is 37.3 Å². The van der Waals surface area contributed by atoms with Gasteiger partial charge in [0, 0.05) is 25.4 Å². The predicted molar refractivity (Wildman–Crippen MR) is 91.7 cm³/mol. The molecular weight excluding hydrogens is 367 g/mol. The number of aromatic nitrogens is 1. The van der Waals surface area contributed by atoms with Gasteiger partial charge in [0.2, 0.25) is 5.88 Å². The Morgan fingerprint density at radius 2 is 2.25 bits per heavy atom. The fourth-order valence-electron chi connectivity index (χ4n) is 1.74. The van der Waals surface area contributed by atoms with Crippen LogP contribution in [0.4, 0.5) is 0 Å². The Hall–Kier alpha value is -1.05. The molecule has 5 nitrogen and oxygen atoms in total. The zero-order valence-electron chi connectivity index (χ0n) is 12.1. The van der Waals surface area contributed by atoms with Crippen LogP contribution in [-0.4, -0.2) is 31.1 Å². The summed E-state index contributed by atoms with van der Waals surface area (Å²) in [5.74, 6) is 2.35. The van der Waals surface area contributed by atoms with Gasteiger partial charge < -0.3 is 15.4 Å². The monoisotopic (exact) mass is 390 g/mol. The molecule has 1 aliphatic carbocycles. The number of rotatable bonds is 6. The highest BCUT2D eigenvalue weighted by Gasteiger charge is 2.20. The van der Waals surface area contributed by atoms with E-state index in [2.05, 4.69) is 27.5 Å². The third-order valence-electron chi connectivity index (χ3n) is 3.03. The molecule has 0 aliphatic heterocycles. The molecule has 1 aliphatic rings. The van der Waals surface area contributed by atoms with Crippen LogP contribution in [0.5, 0.6) is 5.88 Å². The molecule has 1 aromatic heterocycles. The Balaban J connectivity index is 0.00000200. The molecule has 0 radical (unpaired) electrons. The van der Waals surface area contributed by atoms with E-state index in [9.17, 15) is 0 Å². The maximum absolute atomic E-state index is 5.11. The van der Waals surface area contributed by atoms with Crippen molar-refractivity contribution in [1.29, 1.82) is 0 Å². The SMILES string of the molecule is CCNC(=NCc1ccnc(OC)c1)NCC1CC1.I. The van der Waals surface area contributed by atoms with Crippen molar-refractivity contribution in [2.45, 2.75) is 26.3 Å². The second kappa shape index (κ2) is 8.99. The molecule has 2 N–H and O–H groups in total. The summed E-state index contributed by atoms with van der Waals surface area (Å²) < 4.78 is 5.11. The summed E-state index contributed by atoms with van der Waals surface area (Å²) in [5, 5.41) is 6.63. The molecule has 0 unspecified atom stereocenters. The number of nitrogens with one attached hydrogen (secondary N) is 2. The van der Waals surface area contributed by atoms with Crippen molar-refractivity contribution in [3.63, 3.8) is 0 Å². The number of pyridine rings is 1. The molecule has 1 fully saturated rings. The molecule has 1 heterocycles. The van der Waals surface area contributed by atoms with Gasteiger partial charge >= 0.3 is 0 Å². The lowest BCUT2D eigenvalue weighted by Crippen LogP contribution is -2.38. The number of nitrogens with zero attached hydrogens (tertiary/aromatic N) is 2. The summed E-state index contributed by atoms with van der Waals surface area (Å²) in [6, 6.07) is 3.87. The van der Waals surface area contributed by atoms with Crippen LogP contribution in [0.3, 0.4) is 0 Å². The zero-order valence-corrected chi connectivity index (χ0v) is 14.4. The van der Waals surface area contributed by atoms with Crippen molar-refractivity contribution in [2.75, 3.05) is 20.2 Å². The lowest BCUT2D eigenvalue weighted by molar-refractivity contribution is 0.397. The van der Waals surface area contributed by atoms with E-state index in [1.807, 2.05) is 12.1 Å². The lowest BCUT2D eigenvalue weighted by atomic mass is 10.3. The Morgan fingerprint density at radius 3 is 2.90 bits per heavy atom. The van der Waals surface area contributed by atoms with E-state index in [4.69, 9.17) is 4.74 Å². The first kappa shape index (κ1) is 17.0. The summed E-state index contributed by atoms with van der Waals surface area (Å²) in [5.41, 5.74) is 1.09. The van der Waals surface area contributed by atoms with Crippen LogP contribution in [-0.2, 0) is 6.54 Å². The fraction of sp³-hybridized carbons (Fsp3) is 0.571. The quantitative estimate of drug-likeness (QED) is 0.444. The maximum atomic E-state index is 5.11.